The van der Waals surface area contributed by atoms with Crippen molar-refractivity contribution in [3.63, 3.8) is 0 Å². The first kappa shape index (κ1) is 15.0. The highest BCUT2D eigenvalue weighted by Gasteiger charge is 2.36. The van der Waals surface area contributed by atoms with E-state index in [0.717, 1.165) is 0 Å². The average Bonchev–Trinajstić information content (AvgIpc) is 2.49. The van der Waals surface area contributed by atoms with Gasteiger partial charge in [-0.1, -0.05) is 12.1 Å². The van der Waals surface area contributed by atoms with Gasteiger partial charge >= 0.3 is 0 Å². The van der Waals surface area contributed by atoms with E-state index >= 15 is 0 Å². The number of nitrogens with two attached hydrogens (primary N) is 1. The second kappa shape index (κ2) is 5.51. The number of amidine groups is 1. The SMILES string of the molecule is CC1(/C(N)=N/O)CCN(C(=O)c2cc(O)ccc2O)CC1. The minimum atomic E-state index is -0.438. The lowest BCUT2D eigenvalue weighted by Gasteiger charge is -2.38. The fraction of sp³-hybridized carbons (Fsp3) is 0.429. The molecule has 1 aromatic carbocycles. The Labute approximate surface area is 122 Å². The molecule has 2 rings (SSSR count). The number of benzene rings is 1. The van der Waals surface area contributed by atoms with Crippen LogP contribution < -0.4 is 5.73 Å². The zero-order valence-electron chi connectivity index (χ0n) is 11.8. The van der Waals surface area contributed by atoms with Gasteiger partial charge in [-0.2, -0.15) is 0 Å². The van der Waals surface area contributed by atoms with Gasteiger partial charge in [-0.25, -0.2) is 0 Å². The van der Waals surface area contributed by atoms with Crippen molar-refractivity contribution < 1.29 is 20.2 Å². The molecule has 0 spiro atoms. The predicted molar refractivity (Wildman–Crippen MR) is 76.4 cm³/mol. The van der Waals surface area contributed by atoms with Crippen molar-refractivity contribution in [2.24, 2.45) is 16.3 Å². The van der Waals surface area contributed by atoms with Gasteiger partial charge < -0.3 is 26.1 Å². The number of piperidine rings is 1. The summed E-state index contributed by atoms with van der Waals surface area (Å²) in [6.45, 7) is 2.75. The second-order valence-corrected chi connectivity index (χ2v) is 5.54. The van der Waals surface area contributed by atoms with Crippen molar-refractivity contribution in [2.45, 2.75) is 19.8 Å². The van der Waals surface area contributed by atoms with Gasteiger partial charge in [0, 0.05) is 18.5 Å². The summed E-state index contributed by atoms with van der Waals surface area (Å²) in [5.74, 6) is -0.419. The first-order chi connectivity index (χ1) is 9.87. The number of oxime groups is 1. The maximum Gasteiger partial charge on any atom is 0.257 e. The fourth-order valence-electron chi connectivity index (χ4n) is 2.45. The molecule has 7 heteroatoms. The molecule has 7 nitrogen and oxygen atoms in total. The Morgan fingerprint density at radius 3 is 2.52 bits per heavy atom. The Balaban J connectivity index is 2.12. The van der Waals surface area contributed by atoms with E-state index in [1.54, 1.807) is 4.90 Å². The molecular formula is C14H19N3O4. The molecule has 1 aliphatic rings. The van der Waals surface area contributed by atoms with Crippen LogP contribution in [0.3, 0.4) is 0 Å². The van der Waals surface area contributed by atoms with Gasteiger partial charge in [0.2, 0.25) is 0 Å². The molecule has 0 unspecified atom stereocenters. The maximum atomic E-state index is 12.4. The van der Waals surface area contributed by atoms with E-state index in [1.165, 1.54) is 18.2 Å². The number of hydrogen-bond donors (Lipinski definition) is 4. The minimum absolute atomic E-state index is 0.0717. The number of carbonyl (C=O) groups excluding carboxylic acids is 1. The van der Waals surface area contributed by atoms with Crippen LogP contribution in [0.4, 0.5) is 0 Å². The van der Waals surface area contributed by atoms with Crippen LogP contribution in [-0.2, 0) is 0 Å². The van der Waals surface area contributed by atoms with E-state index in [0.29, 0.717) is 25.9 Å². The van der Waals surface area contributed by atoms with Crippen molar-refractivity contribution in [3.05, 3.63) is 23.8 Å². The largest absolute Gasteiger partial charge is 0.508 e. The number of carbonyl (C=O) groups is 1. The quantitative estimate of drug-likeness (QED) is 0.214. The summed E-state index contributed by atoms with van der Waals surface area (Å²) in [4.78, 5) is 14.0. The first-order valence-corrected chi connectivity index (χ1v) is 6.66. The van der Waals surface area contributed by atoms with Crippen molar-refractivity contribution >= 4 is 11.7 Å². The average molecular weight is 293 g/mol. The highest BCUT2D eigenvalue weighted by Crippen LogP contribution is 2.32. The van der Waals surface area contributed by atoms with Crippen LogP contribution >= 0.6 is 0 Å². The summed E-state index contributed by atoms with van der Waals surface area (Å²) < 4.78 is 0. The first-order valence-electron chi connectivity index (χ1n) is 6.66. The molecule has 1 saturated heterocycles. The van der Waals surface area contributed by atoms with Gasteiger partial charge in [-0.3, -0.25) is 4.79 Å². The lowest BCUT2D eigenvalue weighted by Crippen LogP contribution is -2.47. The van der Waals surface area contributed by atoms with Gasteiger partial charge in [0.1, 0.15) is 17.3 Å². The van der Waals surface area contributed by atoms with Crippen molar-refractivity contribution in [1.82, 2.24) is 4.90 Å². The Kier molecular flexibility index (Phi) is 3.93. The molecule has 0 atom stereocenters. The van der Waals surface area contributed by atoms with Crippen LogP contribution in [0.15, 0.2) is 23.4 Å². The number of phenolic OH excluding ortho intramolecular Hbond substituents is 2. The second-order valence-electron chi connectivity index (χ2n) is 5.54. The third-order valence-electron chi connectivity index (χ3n) is 4.09. The zero-order chi connectivity index (χ0) is 15.6. The summed E-state index contributed by atoms with van der Waals surface area (Å²) in [6.07, 6.45) is 1.13. The predicted octanol–water partition coefficient (Wildman–Crippen LogP) is 1.09. The van der Waals surface area contributed by atoms with Crippen LogP contribution in [0.25, 0.3) is 0 Å². The third-order valence-corrected chi connectivity index (χ3v) is 4.09. The number of hydrogen-bond acceptors (Lipinski definition) is 5. The van der Waals surface area contributed by atoms with Crippen molar-refractivity contribution in [1.29, 1.82) is 0 Å². The van der Waals surface area contributed by atoms with Crippen LogP contribution in [0.2, 0.25) is 0 Å². The highest BCUT2D eigenvalue weighted by atomic mass is 16.4. The smallest absolute Gasteiger partial charge is 0.257 e. The molecule has 0 aromatic heterocycles. The van der Waals surface area contributed by atoms with Crippen LogP contribution in [0.5, 0.6) is 11.5 Å². The van der Waals surface area contributed by atoms with E-state index in [4.69, 9.17) is 10.9 Å². The molecular weight excluding hydrogens is 274 g/mol. The molecule has 1 heterocycles. The number of nitrogens with zero attached hydrogens (tertiary/aromatic N) is 2. The Bertz CT molecular complexity index is 578. The van der Waals surface area contributed by atoms with E-state index in [2.05, 4.69) is 5.16 Å². The zero-order valence-corrected chi connectivity index (χ0v) is 11.8. The maximum absolute atomic E-state index is 12.4. The van der Waals surface area contributed by atoms with Gasteiger partial charge in [0.15, 0.2) is 0 Å². The Hall–Kier alpha value is -2.44. The topological polar surface area (TPSA) is 119 Å². The van der Waals surface area contributed by atoms with Gasteiger partial charge in [0.05, 0.1) is 5.56 Å². The standard InChI is InChI=1S/C14H19N3O4/c1-14(13(15)16-21)4-6-17(7-5-14)12(20)10-8-9(18)2-3-11(10)19/h2-3,8,18-19,21H,4-7H2,1H3,(H2,15,16). The molecule has 1 aromatic rings. The summed E-state index contributed by atoms with van der Waals surface area (Å²) >= 11 is 0. The number of phenols is 2. The molecule has 0 saturated carbocycles. The van der Waals surface area contributed by atoms with Crippen LogP contribution in [0.1, 0.15) is 30.1 Å². The summed E-state index contributed by atoms with van der Waals surface area (Å²) in [6, 6.07) is 3.85. The lowest BCUT2D eigenvalue weighted by atomic mass is 9.79. The Morgan fingerprint density at radius 1 is 1.33 bits per heavy atom. The molecule has 1 amide bonds. The molecule has 21 heavy (non-hydrogen) atoms. The fourth-order valence-corrected chi connectivity index (χ4v) is 2.45. The minimum Gasteiger partial charge on any atom is -0.508 e. The summed E-state index contributed by atoms with van der Waals surface area (Å²) in [7, 11) is 0. The van der Waals surface area contributed by atoms with E-state index in [-0.39, 0.29) is 28.8 Å². The molecule has 0 aliphatic carbocycles. The monoisotopic (exact) mass is 293 g/mol. The van der Waals surface area contributed by atoms with E-state index in [1.807, 2.05) is 6.92 Å². The number of aromatic hydroxyl groups is 2. The van der Waals surface area contributed by atoms with Crippen molar-refractivity contribution in [2.75, 3.05) is 13.1 Å². The normalized spacial score (nSPS) is 18.5. The third kappa shape index (κ3) is 2.86. The molecule has 0 radical (unpaired) electrons. The molecule has 1 fully saturated rings. The van der Waals surface area contributed by atoms with Crippen LogP contribution in [0, 0.1) is 5.41 Å². The molecule has 0 bridgehead atoms. The van der Waals surface area contributed by atoms with Gasteiger partial charge in [-0.05, 0) is 31.0 Å². The molecule has 5 N–H and O–H groups in total. The summed E-state index contributed by atoms with van der Waals surface area (Å²) in [5, 5.41) is 31.0. The lowest BCUT2D eigenvalue weighted by molar-refractivity contribution is 0.0663. The summed E-state index contributed by atoms with van der Waals surface area (Å²) in [5.41, 5.74) is 5.32. The molecule has 1 aliphatic heterocycles. The Morgan fingerprint density at radius 2 is 1.95 bits per heavy atom. The van der Waals surface area contributed by atoms with Gasteiger partial charge in [0.25, 0.3) is 5.91 Å². The number of amides is 1. The van der Waals surface area contributed by atoms with E-state index < -0.39 is 5.41 Å². The number of rotatable bonds is 2. The van der Waals surface area contributed by atoms with E-state index in [9.17, 15) is 15.0 Å². The highest BCUT2D eigenvalue weighted by molar-refractivity contribution is 5.97. The molecule has 114 valence electrons. The van der Waals surface area contributed by atoms with Crippen LogP contribution in [-0.4, -0.2) is 45.2 Å². The number of likely N-dealkylation sites (tertiary alicyclic amines) is 1. The van der Waals surface area contributed by atoms with Gasteiger partial charge in [-0.15, -0.1) is 0 Å². The van der Waals surface area contributed by atoms with Crippen molar-refractivity contribution in [3.8, 4) is 11.5 Å².